The molecule has 0 aliphatic heterocycles. The predicted molar refractivity (Wildman–Crippen MR) is 156 cm³/mol. The molecule has 4 aromatic rings. The third-order valence-electron chi connectivity index (χ3n) is 5.57. The number of nitrogens with zero attached hydrogens (tertiary/aromatic N) is 2. The molecule has 200 valence electrons. The highest BCUT2D eigenvalue weighted by atomic mass is 79.9. The lowest BCUT2D eigenvalue weighted by molar-refractivity contribution is -0.121. The summed E-state index contributed by atoms with van der Waals surface area (Å²) in [5.74, 6) is 0.125. The van der Waals surface area contributed by atoms with Gasteiger partial charge in [-0.25, -0.2) is 13.8 Å². The minimum absolute atomic E-state index is 0.0167. The summed E-state index contributed by atoms with van der Waals surface area (Å²) < 4.78 is 34.4. The van der Waals surface area contributed by atoms with E-state index in [0.717, 1.165) is 19.9 Å². The van der Waals surface area contributed by atoms with Gasteiger partial charge in [-0.1, -0.05) is 70.0 Å². The van der Waals surface area contributed by atoms with E-state index in [1.54, 1.807) is 48.5 Å². The van der Waals surface area contributed by atoms with Crippen LogP contribution in [0.2, 0.25) is 5.02 Å². The van der Waals surface area contributed by atoms with Crippen molar-refractivity contribution in [1.82, 2.24) is 9.73 Å². The molecule has 1 N–H and O–H groups in total. The van der Waals surface area contributed by atoms with Crippen molar-refractivity contribution in [3.05, 3.63) is 129 Å². The Balaban J connectivity index is 1.39. The molecule has 0 aromatic heterocycles. The normalized spacial score (nSPS) is 11.6. The molecule has 39 heavy (non-hydrogen) atoms. The smallest absolute Gasteiger partial charge is 0.255 e. The average Bonchev–Trinajstić information content (AvgIpc) is 2.94. The van der Waals surface area contributed by atoms with Crippen molar-refractivity contribution >= 4 is 49.7 Å². The number of carbonyl (C=O) groups is 1. The Hall–Kier alpha value is -3.50. The number of hydrazone groups is 1. The fraction of sp³-hybridized carbons (Fsp3) is 0.103. The molecule has 4 aromatic carbocycles. The molecule has 0 fully saturated rings. The van der Waals surface area contributed by atoms with E-state index in [-0.39, 0.29) is 11.4 Å². The number of amides is 1. The molecule has 0 saturated heterocycles. The number of carbonyl (C=O) groups excluding carboxylic acids is 1. The van der Waals surface area contributed by atoms with Gasteiger partial charge in [0.05, 0.1) is 17.7 Å². The third-order valence-corrected chi connectivity index (χ3v) is 8.16. The molecule has 0 heterocycles. The topological polar surface area (TPSA) is 88.1 Å². The summed E-state index contributed by atoms with van der Waals surface area (Å²) in [5, 5.41) is 4.52. The van der Waals surface area contributed by atoms with Crippen LogP contribution < -0.4 is 10.2 Å². The van der Waals surface area contributed by atoms with Crippen LogP contribution >= 0.6 is 27.5 Å². The second-order valence-electron chi connectivity index (χ2n) is 8.49. The average molecular weight is 627 g/mol. The second-order valence-corrected chi connectivity index (χ2v) is 11.8. The van der Waals surface area contributed by atoms with Crippen molar-refractivity contribution in [1.29, 1.82) is 0 Å². The van der Waals surface area contributed by atoms with Gasteiger partial charge in [-0.3, -0.25) is 4.79 Å². The zero-order chi connectivity index (χ0) is 27.7. The maximum absolute atomic E-state index is 13.4. The zero-order valence-corrected chi connectivity index (χ0v) is 23.9. The van der Waals surface area contributed by atoms with E-state index in [4.69, 9.17) is 16.3 Å². The summed E-state index contributed by atoms with van der Waals surface area (Å²) in [7, 11) is -3.98. The van der Waals surface area contributed by atoms with Crippen LogP contribution in [0.25, 0.3) is 0 Å². The quantitative estimate of drug-likeness (QED) is 0.163. The molecule has 0 atom stereocenters. The number of halogens is 2. The molecule has 1 amide bonds. The fourth-order valence-corrected chi connectivity index (χ4v) is 5.32. The van der Waals surface area contributed by atoms with Gasteiger partial charge in [-0.15, -0.1) is 0 Å². The Labute approximate surface area is 241 Å². The van der Waals surface area contributed by atoms with Gasteiger partial charge in [-0.2, -0.15) is 9.41 Å². The summed E-state index contributed by atoms with van der Waals surface area (Å²) in [6.07, 6.45) is 1.48. The van der Waals surface area contributed by atoms with Gasteiger partial charge in [0.1, 0.15) is 12.4 Å². The Kier molecular flexibility index (Phi) is 9.89. The largest absolute Gasteiger partial charge is 0.489 e. The van der Waals surface area contributed by atoms with Gasteiger partial charge in [0, 0.05) is 16.0 Å². The van der Waals surface area contributed by atoms with Crippen molar-refractivity contribution in [3.8, 4) is 5.75 Å². The molecule has 0 spiro atoms. The lowest BCUT2D eigenvalue weighted by atomic mass is 10.2. The molecule has 7 nitrogen and oxygen atoms in total. The summed E-state index contributed by atoms with van der Waals surface area (Å²) in [5.41, 5.74) is 4.91. The van der Waals surface area contributed by atoms with Gasteiger partial charge in [0.25, 0.3) is 5.91 Å². The van der Waals surface area contributed by atoms with Crippen LogP contribution in [-0.4, -0.2) is 31.4 Å². The van der Waals surface area contributed by atoms with E-state index in [9.17, 15) is 13.2 Å². The van der Waals surface area contributed by atoms with Crippen LogP contribution in [0.4, 0.5) is 0 Å². The molecule has 0 radical (unpaired) electrons. The monoisotopic (exact) mass is 625 g/mol. The summed E-state index contributed by atoms with van der Waals surface area (Å²) >= 11 is 9.28. The van der Waals surface area contributed by atoms with E-state index >= 15 is 0 Å². The number of sulfonamides is 1. The second kappa shape index (κ2) is 13.5. The van der Waals surface area contributed by atoms with Crippen molar-refractivity contribution in [2.45, 2.75) is 18.0 Å². The van der Waals surface area contributed by atoms with Gasteiger partial charge in [0.15, 0.2) is 0 Å². The first-order chi connectivity index (χ1) is 18.8. The van der Waals surface area contributed by atoms with E-state index < -0.39 is 22.5 Å². The van der Waals surface area contributed by atoms with E-state index in [1.807, 2.05) is 42.5 Å². The van der Waals surface area contributed by atoms with Crippen LogP contribution in [0, 0.1) is 0 Å². The number of ether oxygens (including phenoxy) is 1. The molecule has 0 aliphatic rings. The lowest BCUT2D eigenvalue weighted by Crippen LogP contribution is -2.39. The number of nitrogens with one attached hydrogen (secondary N) is 1. The Morgan fingerprint density at radius 3 is 2.23 bits per heavy atom. The first-order valence-corrected chi connectivity index (χ1v) is 14.5. The molecule has 0 saturated carbocycles. The molecular weight excluding hydrogens is 602 g/mol. The summed E-state index contributed by atoms with van der Waals surface area (Å²) in [6.45, 7) is 0.0157. The van der Waals surface area contributed by atoms with E-state index in [0.29, 0.717) is 22.9 Å². The van der Waals surface area contributed by atoms with E-state index in [2.05, 4.69) is 26.5 Å². The number of hydrogen-bond acceptors (Lipinski definition) is 5. The molecule has 0 aliphatic carbocycles. The third kappa shape index (κ3) is 8.49. The number of hydrogen-bond donors (Lipinski definition) is 1. The number of benzene rings is 4. The van der Waals surface area contributed by atoms with Crippen LogP contribution in [0.1, 0.15) is 16.7 Å². The van der Waals surface area contributed by atoms with Gasteiger partial charge in [0.2, 0.25) is 10.0 Å². The maximum Gasteiger partial charge on any atom is 0.255 e. The number of rotatable bonds is 11. The van der Waals surface area contributed by atoms with Crippen molar-refractivity contribution in [3.63, 3.8) is 0 Å². The fourth-order valence-electron chi connectivity index (χ4n) is 3.54. The SMILES string of the molecule is O=C(CN(Cc1ccc(Cl)cc1)S(=O)(=O)c1ccc(Br)cc1)N/N=C\c1ccc(OCc2ccccc2)cc1. The first kappa shape index (κ1) is 28.5. The standard InChI is InChI=1S/C29H25BrClN3O4S/c30-25-10-16-28(17-11-25)39(36,37)34(19-23-6-12-26(31)13-7-23)20-29(35)33-32-18-22-8-14-27(15-9-22)38-21-24-4-2-1-3-5-24/h1-18H,19-21H2,(H,33,35)/b32-18-. The Morgan fingerprint density at radius 2 is 1.56 bits per heavy atom. The molecule has 4 rings (SSSR count). The molecular formula is C29H25BrClN3O4S. The Morgan fingerprint density at radius 1 is 0.897 bits per heavy atom. The summed E-state index contributed by atoms with van der Waals surface area (Å²) in [4.78, 5) is 12.8. The highest BCUT2D eigenvalue weighted by Crippen LogP contribution is 2.21. The molecule has 0 unspecified atom stereocenters. The van der Waals surface area contributed by atoms with Crippen LogP contribution in [-0.2, 0) is 28.0 Å². The Bertz CT molecular complexity index is 1510. The zero-order valence-electron chi connectivity index (χ0n) is 20.7. The highest BCUT2D eigenvalue weighted by molar-refractivity contribution is 9.10. The highest BCUT2D eigenvalue weighted by Gasteiger charge is 2.27. The molecule has 10 heteroatoms. The first-order valence-electron chi connectivity index (χ1n) is 11.9. The summed E-state index contributed by atoms with van der Waals surface area (Å²) in [6, 6.07) is 30.1. The minimum atomic E-state index is -3.98. The predicted octanol–water partition coefficient (Wildman–Crippen LogP) is 6.02. The molecule has 0 bridgehead atoms. The minimum Gasteiger partial charge on any atom is -0.489 e. The van der Waals surface area contributed by atoms with Crippen molar-refractivity contribution in [2.75, 3.05) is 6.54 Å². The van der Waals surface area contributed by atoms with Gasteiger partial charge < -0.3 is 4.74 Å². The maximum atomic E-state index is 13.4. The van der Waals surface area contributed by atoms with E-state index in [1.165, 1.54) is 18.3 Å². The van der Waals surface area contributed by atoms with Crippen LogP contribution in [0.3, 0.4) is 0 Å². The van der Waals surface area contributed by atoms with Crippen LogP contribution in [0.15, 0.2) is 118 Å². The van der Waals surface area contributed by atoms with Gasteiger partial charge in [-0.05, 0) is 77.4 Å². The lowest BCUT2D eigenvalue weighted by Gasteiger charge is -2.21. The van der Waals surface area contributed by atoms with Crippen molar-refractivity contribution < 1.29 is 17.9 Å². The van der Waals surface area contributed by atoms with Gasteiger partial charge >= 0.3 is 0 Å². The van der Waals surface area contributed by atoms with Crippen LogP contribution in [0.5, 0.6) is 5.75 Å². The van der Waals surface area contributed by atoms with Crippen molar-refractivity contribution in [2.24, 2.45) is 5.10 Å².